The van der Waals surface area contributed by atoms with Crippen LogP contribution in [0.25, 0.3) is 0 Å². The van der Waals surface area contributed by atoms with Crippen molar-refractivity contribution < 1.29 is 8.78 Å². The van der Waals surface area contributed by atoms with Gasteiger partial charge in [-0.2, -0.15) is 0 Å². The molecule has 72 valence electrons. The van der Waals surface area contributed by atoms with Crippen molar-refractivity contribution in [2.45, 2.75) is 25.8 Å². The first-order chi connectivity index (χ1) is 6.11. The smallest absolute Gasteiger partial charge is 0.273 e. The van der Waals surface area contributed by atoms with E-state index in [4.69, 9.17) is 5.73 Å². The molecule has 0 aliphatic carbocycles. The van der Waals surface area contributed by atoms with Gasteiger partial charge in [0, 0.05) is 18.5 Å². The zero-order valence-electron chi connectivity index (χ0n) is 7.56. The number of halogens is 2. The fraction of sp³-hybridized carbons (Fsp3) is 0.400. The fourth-order valence-corrected chi connectivity index (χ4v) is 1.25. The first-order valence-corrected chi connectivity index (χ1v) is 4.28. The Morgan fingerprint density at radius 1 is 1.31 bits per heavy atom. The molecule has 0 radical (unpaired) electrons. The highest BCUT2D eigenvalue weighted by Gasteiger charge is 2.30. The van der Waals surface area contributed by atoms with E-state index in [2.05, 4.69) is 0 Å². The molecule has 0 aliphatic heterocycles. The molecule has 0 aliphatic rings. The minimum atomic E-state index is -2.75. The van der Waals surface area contributed by atoms with Crippen LogP contribution in [-0.2, 0) is 12.5 Å². The maximum Gasteiger partial charge on any atom is 0.273 e. The molecule has 3 heteroatoms. The Labute approximate surface area is 76.6 Å². The molecule has 0 fully saturated rings. The molecule has 2 N–H and O–H groups in total. The minimum absolute atomic E-state index is 0.0556. The molecule has 0 bridgehead atoms. The van der Waals surface area contributed by atoms with Crippen LogP contribution in [0, 0.1) is 0 Å². The highest BCUT2D eigenvalue weighted by atomic mass is 19.3. The van der Waals surface area contributed by atoms with Crippen LogP contribution in [0.2, 0.25) is 0 Å². The third-order valence-corrected chi connectivity index (χ3v) is 2.08. The normalized spacial score (nSPS) is 11.7. The molecular weight excluding hydrogens is 172 g/mol. The molecule has 0 unspecified atom stereocenters. The monoisotopic (exact) mass is 185 g/mol. The third-order valence-electron chi connectivity index (χ3n) is 2.08. The fourth-order valence-electron chi connectivity index (χ4n) is 1.25. The van der Waals surface area contributed by atoms with Gasteiger partial charge in [-0.25, -0.2) is 8.78 Å². The van der Waals surface area contributed by atoms with Gasteiger partial charge in [0.05, 0.1) is 0 Å². The summed E-state index contributed by atoms with van der Waals surface area (Å²) in [7, 11) is 0. The molecule has 1 aromatic rings. The van der Waals surface area contributed by atoms with Crippen LogP contribution in [0.1, 0.15) is 24.5 Å². The van der Waals surface area contributed by atoms with Crippen molar-refractivity contribution >= 4 is 0 Å². The molecular formula is C10H13F2N. The van der Waals surface area contributed by atoms with Gasteiger partial charge in [-0.05, 0) is 5.56 Å². The standard InChI is InChI=1S/C10H13F2N/c1-2-10(11,12)9-6-4-3-5-8(9)7-13/h3-6H,2,7,13H2,1H3. The van der Waals surface area contributed by atoms with E-state index in [9.17, 15) is 8.78 Å². The van der Waals surface area contributed by atoms with Gasteiger partial charge < -0.3 is 5.73 Å². The van der Waals surface area contributed by atoms with Crippen molar-refractivity contribution in [3.63, 3.8) is 0 Å². The summed E-state index contributed by atoms with van der Waals surface area (Å²) >= 11 is 0. The highest BCUT2D eigenvalue weighted by Crippen LogP contribution is 2.33. The first kappa shape index (κ1) is 10.1. The van der Waals surface area contributed by atoms with E-state index < -0.39 is 5.92 Å². The van der Waals surface area contributed by atoms with Crippen molar-refractivity contribution in [1.29, 1.82) is 0 Å². The number of nitrogens with two attached hydrogens (primary N) is 1. The van der Waals surface area contributed by atoms with Crippen LogP contribution in [-0.4, -0.2) is 0 Å². The maximum absolute atomic E-state index is 13.3. The average molecular weight is 185 g/mol. The lowest BCUT2D eigenvalue weighted by atomic mass is 10.00. The number of hydrogen-bond acceptors (Lipinski definition) is 1. The molecule has 0 spiro atoms. The summed E-state index contributed by atoms with van der Waals surface area (Å²) in [5.41, 5.74) is 5.95. The number of rotatable bonds is 3. The average Bonchev–Trinajstić information content (AvgIpc) is 2.18. The Bertz CT molecular complexity index is 284. The molecule has 1 aromatic carbocycles. The summed E-state index contributed by atoms with van der Waals surface area (Å²) in [4.78, 5) is 0. The van der Waals surface area contributed by atoms with Gasteiger partial charge in [-0.3, -0.25) is 0 Å². The highest BCUT2D eigenvalue weighted by molar-refractivity contribution is 5.30. The molecule has 0 amide bonds. The van der Waals surface area contributed by atoms with Crippen LogP contribution >= 0.6 is 0 Å². The SMILES string of the molecule is CCC(F)(F)c1ccccc1CN. The summed E-state index contributed by atoms with van der Waals surface area (Å²) in [5.74, 6) is -2.75. The van der Waals surface area contributed by atoms with Crippen LogP contribution in [0.15, 0.2) is 24.3 Å². The van der Waals surface area contributed by atoms with Crippen LogP contribution in [0.4, 0.5) is 8.78 Å². The number of hydrogen-bond donors (Lipinski definition) is 1. The molecule has 0 saturated heterocycles. The summed E-state index contributed by atoms with van der Waals surface area (Å²) < 4.78 is 26.6. The maximum atomic E-state index is 13.3. The Kier molecular flexibility index (Phi) is 2.98. The second-order valence-electron chi connectivity index (χ2n) is 2.92. The Balaban J connectivity index is 3.12. The van der Waals surface area contributed by atoms with Gasteiger partial charge in [0.15, 0.2) is 0 Å². The molecule has 0 heterocycles. The number of benzene rings is 1. The Morgan fingerprint density at radius 2 is 1.92 bits per heavy atom. The predicted octanol–water partition coefficient (Wildman–Crippen LogP) is 2.65. The second-order valence-corrected chi connectivity index (χ2v) is 2.92. The van der Waals surface area contributed by atoms with E-state index >= 15 is 0 Å². The summed E-state index contributed by atoms with van der Waals surface area (Å²) in [5, 5.41) is 0. The summed E-state index contributed by atoms with van der Waals surface area (Å²) in [6, 6.07) is 6.40. The predicted molar refractivity (Wildman–Crippen MR) is 48.5 cm³/mol. The quantitative estimate of drug-likeness (QED) is 0.769. The van der Waals surface area contributed by atoms with Gasteiger partial charge in [-0.15, -0.1) is 0 Å². The van der Waals surface area contributed by atoms with E-state index in [-0.39, 0.29) is 18.5 Å². The van der Waals surface area contributed by atoms with Crippen LogP contribution < -0.4 is 5.73 Å². The van der Waals surface area contributed by atoms with Crippen molar-refractivity contribution in [2.24, 2.45) is 5.73 Å². The van der Waals surface area contributed by atoms with E-state index in [1.807, 2.05) is 0 Å². The topological polar surface area (TPSA) is 26.0 Å². The van der Waals surface area contributed by atoms with Gasteiger partial charge >= 0.3 is 0 Å². The van der Waals surface area contributed by atoms with Crippen LogP contribution in [0.3, 0.4) is 0 Å². The molecule has 13 heavy (non-hydrogen) atoms. The summed E-state index contributed by atoms with van der Waals surface area (Å²) in [6.07, 6.45) is -0.190. The molecule has 1 nitrogen and oxygen atoms in total. The molecule has 0 aromatic heterocycles. The lowest BCUT2D eigenvalue weighted by Gasteiger charge is -2.17. The molecule has 0 saturated carbocycles. The third kappa shape index (κ3) is 2.04. The zero-order valence-corrected chi connectivity index (χ0v) is 7.56. The number of alkyl halides is 2. The summed E-state index contributed by atoms with van der Waals surface area (Å²) in [6.45, 7) is 1.62. The lowest BCUT2D eigenvalue weighted by Crippen LogP contribution is -2.15. The lowest BCUT2D eigenvalue weighted by molar-refractivity contribution is -0.00913. The molecule has 1 rings (SSSR count). The van der Waals surface area contributed by atoms with Gasteiger partial charge in [0.25, 0.3) is 5.92 Å². The second kappa shape index (κ2) is 3.83. The largest absolute Gasteiger partial charge is 0.326 e. The van der Waals surface area contributed by atoms with Crippen molar-refractivity contribution in [2.75, 3.05) is 0 Å². The minimum Gasteiger partial charge on any atom is -0.326 e. The Hall–Kier alpha value is -0.960. The zero-order chi connectivity index (χ0) is 9.90. The van der Waals surface area contributed by atoms with Crippen LogP contribution in [0.5, 0.6) is 0 Å². The van der Waals surface area contributed by atoms with E-state index in [1.165, 1.54) is 13.0 Å². The van der Waals surface area contributed by atoms with Crippen molar-refractivity contribution in [3.05, 3.63) is 35.4 Å². The van der Waals surface area contributed by atoms with Gasteiger partial charge in [0.2, 0.25) is 0 Å². The van der Waals surface area contributed by atoms with E-state index in [1.54, 1.807) is 18.2 Å². The van der Waals surface area contributed by atoms with Gasteiger partial charge in [0.1, 0.15) is 0 Å². The van der Waals surface area contributed by atoms with Crippen molar-refractivity contribution in [1.82, 2.24) is 0 Å². The first-order valence-electron chi connectivity index (χ1n) is 4.28. The van der Waals surface area contributed by atoms with Gasteiger partial charge in [-0.1, -0.05) is 31.2 Å². The van der Waals surface area contributed by atoms with E-state index in [0.717, 1.165) is 0 Å². The van der Waals surface area contributed by atoms with Crippen molar-refractivity contribution in [3.8, 4) is 0 Å². The molecule has 0 atom stereocenters. The van der Waals surface area contributed by atoms with E-state index in [0.29, 0.717) is 5.56 Å². The Morgan fingerprint density at radius 3 is 2.46 bits per heavy atom.